The van der Waals surface area contributed by atoms with Crippen LogP contribution < -0.4 is 21.5 Å². The third-order valence-electron chi connectivity index (χ3n) is 5.07. The molecule has 1 aromatic heterocycles. The van der Waals surface area contributed by atoms with Crippen LogP contribution in [0.2, 0.25) is 0 Å². The van der Waals surface area contributed by atoms with E-state index < -0.39 is 40.0 Å². The Labute approximate surface area is 193 Å². The fourth-order valence-corrected chi connectivity index (χ4v) is 3.46. The van der Waals surface area contributed by atoms with Gasteiger partial charge in [-0.3, -0.25) is 29.5 Å². The molecule has 1 atom stereocenters. The number of amides is 2. The second-order valence-electron chi connectivity index (χ2n) is 7.48. The van der Waals surface area contributed by atoms with Crippen LogP contribution in [0.4, 0.5) is 42.0 Å². The minimum Gasteiger partial charge on any atom is -0.326 e. The number of non-ortho nitro benzene ring substituents is 1. The first kappa shape index (κ1) is 23.4. The molecule has 0 aliphatic carbocycles. The maximum absolute atomic E-state index is 13.0. The molecule has 0 saturated carbocycles. The highest BCUT2D eigenvalue weighted by Crippen LogP contribution is 2.32. The lowest BCUT2D eigenvalue weighted by molar-refractivity contribution is -0.384. The summed E-state index contributed by atoms with van der Waals surface area (Å²) in [6, 6.07) is 9.14. The zero-order valence-electron chi connectivity index (χ0n) is 17.5. The normalized spacial score (nSPS) is 15.1. The summed E-state index contributed by atoms with van der Waals surface area (Å²) in [4.78, 5) is 54.4. The fourth-order valence-electron chi connectivity index (χ4n) is 3.46. The zero-order chi connectivity index (χ0) is 25.3. The van der Waals surface area contributed by atoms with E-state index in [9.17, 15) is 37.7 Å². The highest BCUT2D eigenvalue weighted by Gasteiger charge is 2.35. The van der Waals surface area contributed by atoms with E-state index in [0.717, 1.165) is 12.1 Å². The van der Waals surface area contributed by atoms with Gasteiger partial charge in [0.05, 0.1) is 22.0 Å². The lowest BCUT2D eigenvalue weighted by Crippen LogP contribution is -2.36. The Hall–Kier alpha value is -4.75. The van der Waals surface area contributed by atoms with Crippen molar-refractivity contribution in [3.05, 3.63) is 80.1 Å². The van der Waals surface area contributed by atoms with Crippen LogP contribution in [0.25, 0.3) is 0 Å². The molecule has 0 spiro atoms. The number of H-pyrrole nitrogens is 1. The molecule has 2 aromatic carbocycles. The highest BCUT2D eigenvalue weighted by molar-refractivity contribution is 6.04. The van der Waals surface area contributed by atoms with E-state index in [1.54, 1.807) is 0 Å². The van der Waals surface area contributed by atoms with Crippen molar-refractivity contribution in [2.45, 2.75) is 18.5 Å². The summed E-state index contributed by atoms with van der Waals surface area (Å²) in [5.74, 6) is -3.02. The maximum Gasteiger partial charge on any atom is 0.416 e. The van der Waals surface area contributed by atoms with Crippen molar-refractivity contribution in [1.29, 1.82) is 0 Å². The molecule has 4 rings (SSSR count). The molecule has 0 radical (unpaired) electrons. The Morgan fingerprint density at radius 3 is 2.49 bits per heavy atom. The molecule has 2 heterocycles. The number of nitro groups is 1. The standard InChI is InChI=1S/C21H15F3N6O5/c22-21(23,24)10-2-1-3-12(8-10)26-20-28-17-16(19(33)29-20)14(9-15(31)27-17)18(32)25-11-4-6-13(7-5-11)30(34)35/h1-8,14H,9H2,(H,25,32)(H3,26,27,28,29,31,33). The molecule has 2 amide bonds. The molecule has 180 valence electrons. The van der Waals surface area contributed by atoms with Crippen LogP contribution >= 0.6 is 0 Å². The second-order valence-corrected chi connectivity index (χ2v) is 7.48. The summed E-state index contributed by atoms with van der Waals surface area (Å²) in [5, 5.41) is 18.2. The molecule has 0 fully saturated rings. The number of aromatic amines is 1. The van der Waals surface area contributed by atoms with Crippen molar-refractivity contribution in [3.63, 3.8) is 0 Å². The van der Waals surface area contributed by atoms with E-state index in [1.807, 2.05) is 0 Å². The Morgan fingerprint density at radius 1 is 1.11 bits per heavy atom. The molecule has 0 saturated heterocycles. The Morgan fingerprint density at radius 2 is 1.83 bits per heavy atom. The second kappa shape index (κ2) is 8.89. The number of nitrogens with zero attached hydrogens (tertiary/aromatic N) is 2. The predicted octanol–water partition coefficient (Wildman–Crippen LogP) is 3.51. The number of carbonyl (C=O) groups is 2. The van der Waals surface area contributed by atoms with Crippen molar-refractivity contribution in [2.24, 2.45) is 0 Å². The number of halogens is 3. The Balaban J connectivity index is 1.60. The van der Waals surface area contributed by atoms with Crippen LogP contribution in [0.3, 0.4) is 0 Å². The molecule has 1 aliphatic heterocycles. The van der Waals surface area contributed by atoms with E-state index in [-0.39, 0.29) is 40.8 Å². The van der Waals surface area contributed by atoms with Crippen LogP contribution in [0, 0.1) is 10.1 Å². The average molecular weight is 488 g/mol. The molecule has 11 nitrogen and oxygen atoms in total. The summed E-state index contributed by atoms with van der Waals surface area (Å²) in [6.45, 7) is 0. The zero-order valence-corrected chi connectivity index (χ0v) is 17.5. The molecular weight excluding hydrogens is 473 g/mol. The Bertz CT molecular complexity index is 1390. The van der Waals surface area contributed by atoms with Gasteiger partial charge >= 0.3 is 6.18 Å². The molecule has 1 unspecified atom stereocenters. The van der Waals surface area contributed by atoms with E-state index in [1.165, 1.54) is 36.4 Å². The smallest absolute Gasteiger partial charge is 0.326 e. The van der Waals surface area contributed by atoms with E-state index in [0.29, 0.717) is 0 Å². The van der Waals surface area contributed by atoms with Gasteiger partial charge in [0.1, 0.15) is 5.82 Å². The molecule has 14 heteroatoms. The number of aromatic nitrogens is 2. The first-order valence-corrected chi connectivity index (χ1v) is 9.95. The van der Waals surface area contributed by atoms with Crippen molar-refractivity contribution < 1.29 is 27.7 Å². The average Bonchev–Trinajstić information content (AvgIpc) is 2.78. The van der Waals surface area contributed by atoms with Gasteiger partial charge in [0.25, 0.3) is 11.2 Å². The molecule has 35 heavy (non-hydrogen) atoms. The van der Waals surface area contributed by atoms with Gasteiger partial charge in [-0.25, -0.2) is 0 Å². The van der Waals surface area contributed by atoms with Crippen molar-refractivity contribution in [1.82, 2.24) is 9.97 Å². The SMILES string of the molecule is O=C1CC(C(=O)Nc2ccc([N+](=O)[O-])cc2)c2c(nc(Nc3cccc(C(F)(F)F)c3)[nH]c2=O)N1. The van der Waals surface area contributed by atoms with Crippen molar-refractivity contribution in [2.75, 3.05) is 16.0 Å². The third-order valence-corrected chi connectivity index (χ3v) is 5.07. The highest BCUT2D eigenvalue weighted by atomic mass is 19.4. The van der Waals surface area contributed by atoms with E-state index in [4.69, 9.17) is 0 Å². The number of anilines is 4. The van der Waals surface area contributed by atoms with Gasteiger partial charge in [0.2, 0.25) is 17.8 Å². The number of benzene rings is 2. The van der Waals surface area contributed by atoms with Gasteiger partial charge in [0.15, 0.2) is 0 Å². The van der Waals surface area contributed by atoms with Crippen molar-refractivity contribution in [3.8, 4) is 0 Å². The number of rotatable bonds is 5. The minimum absolute atomic E-state index is 0.0162. The van der Waals surface area contributed by atoms with Gasteiger partial charge in [-0.2, -0.15) is 18.2 Å². The van der Waals surface area contributed by atoms with Gasteiger partial charge in [0, 0.05) is 29.9 Å². The number of hydrogen-bond donors (Lipinski definition) is 4. The molecule has 4 N–H and O–H groups in total. The van der Waals surface area contributed by atoms with Crippen molar-refractivity contribution >= 4 is 40.6 Å². The number of fused-ring (bicyclic) bond motifs is 1. The van der Waals surface area contributed by atoms with Crippen LogP contribution in [0.15, 0.2) is 53.3 Å². The van der Waals surface area contributed by atoms with E-state index >= 15 is 0 Å². The summed E-state index contributed by atoms with van der Waals surface area (Å²) >= 11 is 0. The molecule has 3 aromatic rings. The molecule has 1 aliphatic rings. The quantitative estimate of drug-likeness (QED) is 0.316. The predicted molar refractivity (Wildman–Crippen MR) is 117 cm³/mol. The lowest BCUT2D eigenvalue weighted by atomic mass is 9.92. The Kier molecular flexibility index (Phi) is 5.94. The summed E-state index contributed by atoms with van der Waals surface area (Å²) in [6.07, 6.45) is -4.94. The van der Waals surface area contributed by atoms with Gasteiger partial charge in [-0.05, 0) is 30.3 Å². The third kappa shape index (κ3) is 5.10. The number of nitro benzene ring substituents is 1. The summed E-state index contributed by atoms with van der Waals surface area (Å²) in [7, 11) is 0. The van der Waals surface area contributed by atoms with Crippen LogP contribution in [-0.2, 0) is 15.8 Å². The molecule has 0 bridgehead atoms. The van der Waals surface area contributed by atoms with Gasteiger partial charge in [-0.15, -0.1) is 0 Å². The number of alkyl halides is 3. The monoisotopic (exact) mass is 488 g/mol. The number of carbonyl (C=O) groups excluding carboxylic acids is 2. The minimum atomic E-state index is -4.58. The largest absolute Gasteiger partial charge is 0.416 e. The van der Waals surface area contributed by atoms with Crippen LogP contribution in [0.1, 0.15) is 23.5 Å². The fraction of sp³-hybridized carbons (Fsp3) is 0.143. The van der Waals surface area contributed by atoms with Crippen LogP contribution in [0.5, 0.6) is 0 Å². The topological polar surface area (TPSA) is 159 Å². The summed E-state index contributed by atoms with van der Waals surface area (Å²) in [5.41, 5.74) is -1.84. The summed E-state index contributed by atoms with van der Waals surface area (Å²) < 4.78 is 38.9. The lowest BCUT2D eigenvalue weighted by Gasteiger charge is -2.23. The number of hydrogen-bond acceptors (Lipinski definition) is 7. The van der Waals surface area contributed by atoms with Gasteiger partial charge < -0.3 is 16.0 Å². The maximum atomic E-state index is 13.0. The first-order valence-electron chi connectivity index (χ1n) is 9.95. The first-order chi connectivity index (χ1) is 16.5. The van der Waals surface area contributed by atoms with Gasteiger partial charge in [-0.1, -0.05) is 6.07 Å². The van der Waals surface area contributed by atoms with Crippen LogP contribution in [-0.4, -0.2) is 26.7 Å². The van der Waals surface area contributed by atoms with E-state index in [2.05, 4.69) is 25.9 Å². The number of nitrogens with one attached hydrogen (secondary N) is 4. The molecular formula is C21H15F3N6O5.